The van der Waals surface area contributed by atoms with Gasteiger partial charge in [-0.1, -0.05) is 0 Å². The Morgan fingerprint density at radius 2 is 2.20 bits per heavy atom. The van der Waals surface area contributed by atoms with Crippen molar-refractivity contribution in [3.05, 3.63) is 17.7 Å². The van der Waals surface area contributed by atoms with Crippen LogP contribution in [0.2, 0.25) is 0 Å². The predicted molar refractivity (Wildman–Crippen MR) is 55.6 cm³/mol. The van der Waals surface area contributed by atoms with Gasteiger partial charge in [0.05, 0.1) is 12.2 Å². The zero-order valence-electron chi connectivity index (χ0n) is 8.34. The fourth-order valence-electron chi connectivity index (χ4n) is 1.62. The summed E-state index contributed by atoms with van der Waals surface area (Å²) in [5.41, 5.74) is 0.791. The van der Waals surface area contributed by atoms with Crippen LogP contribution < -0.4 is 14.1 Å². The van der Waals surface area contributed by atoms with Gasteiger partial charge in [0.15, 0.2) is 16.3 Å². The maximum absolute atomic E-state index is 12.7. The van der Waals surface area contributed by atoms with Crippen molar-refractivity contribution in [3.8, 4) is 5.75 Å². The summed E-state index contributed by atoms with van der Waals surface area (Å²) >= 11 is 2.32. The van der Waals surface area contributed by atoms with Crippen molar-refractivity contribution in [1.29, 1.82) is 0 Å². The lowest BCUT2D eigenvalue weighted by molar-refractivity contribution is 0.152. The van der Waals surface area contributed by atoms with Crippen LogP contribution in [0.15, 0.2) is 12.1 Å². The number of fused-ring (bicyclic) bond motifs is 1. The Labute approximate surface area is 95.3 Å². The minimum atomic E-state index is -2.45. The summed E-state index contributed by atoms with van der Waals surface area (Å²) in [6.07, 6.45) is -2.45. The number of nitrogens with zero attached hydrogens (tertiary/aromatic N) is 1. The van der Waals surface area contributed by atoms with Gasteiger partial charge < -0.3 is 9.64 Å². The molecule has 0 unspecified atom stereocenters. The quantitative estimate of drug-likeness (QED) is 0.667. The van der Waals surface area contributed by atoms with Gasteiger partial charge in [-0.2, -0.15) is 0 Å². The number of anilines is 1. The van der Waals surface area contributed by atoms with Gasteiger partial charge in [0, 0.05) is 12.6 Å². The molecule has 0 aromatic heterocycles. The van der Waals surface area contributed by atoms with E-state index in [9.17, 15) is 8.78 Å². The van der Waals surface area contributed by atoms with E-state index in [0.29, 0.717) is 16.8 Å². The van der Waals surface area contributed by atoms with Gasteiger partial charge in [0.25, 0.3) is 6.43 Å². The number of hydrogen-bond acceptors (Lipinski definition) is 2. The number of alkyl halides is 2. The van der Waals surface area contributed by atoms with Gasteiger partial charge in [0.1, 0.15) is 12.4 Å². The summed E-state index contributed by atoms with van der Waals surface area (Å²) in [6, 6.07) is 3.15. The lowest BCUT2D eigenvalue weighted by Gasteiger charge is -2.29. The molecule has 0 fully saturated rings. The molecule has 2 rings (SSSR count). The molecule has 0 aliphatic carbocycles. The topological polar surface area (TPSA) is 12.5 Å². The Kier molecular flexibility index (Phi) is 2.85. The number of halogens is 2. The Morgan fingerprint density at radius 3 is 2.87 bits per heavy atom. The van der Waals surface area contributed by atoms with Crippen LogP contribution in [0, 0.1) is 0 Å². The zero-order valence-corrected chi connectivity index (χ0v) is 9.49. The number of benzene rings is 1. The van der Waals surface area contributed by atoms with Crippen molar-refractivity contribution in [2.45, 2.75) is 6.43 Å². The average molecular weight is 225 g/mol. The first-order valence-electron chi connectivity index (χ1n) is 4.65. The SMILES string of the molecule is CN1CCOc2c[c]([Al])c(C(F)F)cc21. The van der Waals surface area contributed by atoms with E-state index in [-0.39, 0.29) is 5.56 Å². The molecule has 2 nitrogen and oxygen atoms in total. The molecular weight excluding hydrogens is 215 g/mol. The van der Waals surface area contributed by atoms with Crippen molar-refractivity contribution >= 4 is 26.4 Å². The van der Waals surface area contributed by atoms with E-state index in [1.807, 2.05) is 11.9 Å². The molecule has 1 aliphatic heterocycles. The van der Waals surface area contributed by atoms with Crippen LogP contribution >= 0.6 is 0 Å². The third kappa shape index (κ3) is 1.95. The number of likely N-dealkylation sites (N-methyl/N-ethyl adjacent to an activating group) is 1. The Morgan fingerprint density at radius 1 is 1.47 bits per heavy atom. The van der Waals surface area contributed by atoms with E-state index in [1.165, 1.54) is 6.07 Å². The van der Waals surface area contributed by atoms with Crippen LogP contribution in [-0.4, -0.2) is 36.5 Å². The fourth-order valence-corrected chi connectivity index (χ4v) is 1.98. The van der Waals surface area contributed by atoms with Gasteiger partial charge >= 0.3 is 0 Å². The lowest BCUT2D eigenvalue weighted by Crippen LogP contribution is -2.30. The Balaban J connectivity index is 2.50. The lowest BCUT2D eigenvalue weighted by atomic mass is 10.1. The highest BCUT2D eigenvalue weighted by molar-refractivity contribution is 6.33. The summed E-state index contributed by atoms with van der Waals surface area (Å²) < 4.78 is 31.2. The van der Waals surface area contributed by atoms with Crippen molar-refractivity contribution in [2.75, 3.05) is 25.1 Å². The highest BCUT2D eigenvalue weighted by Gasteiger charge is 2.19. The van der Waals surface area contributed by atoms with Crippen LogP contribution in [0.1, 0.15) is 12.0 Å². The fraction of sp³-hybridized carbons (Fsp3) is 0.400. The molecule has 0 atom stereocenters. The van der Waals surface area contributed by atoms with Gasteiger partial charge in [-0.25, -0.2) is 8.78 Å². The average Bonchev–Trinajstić information content (AvgIpc) is 2.16. The van der Waals surface area contributed by atoms with Gasteiger partial charge in [0.2, 0.25) is 0 Å². The molecule has 0 bridgehead atoms. The second-order valence-corrected chi connectivity index (χ2v) is 4.14. The van der Waals surface area contributed by atoms with Crippen molar-refractivity contribution in [3.63, 3.8) is 0 Å². The van der Waals surface area contributed by atoms with Crippen molar-refractivity contribution in [1.82, 2.24) is 0 Å². The monoisotopic (exact) mass is 225 g/mol. The maximum atomic E-state index is 12.7. The summed E-state index contributed by atoms with van der Waals surface area (Å²) in [5.74, 6) is 0.679. The van der Waals surface area contributed by atoms with Gasteiger partial charge in [-0.3, -0.25) is 0 Å². The predicted octanol–water partition coefficient (Wildman–Crippen LogP) is 1.25. The summed E-state index contributed by atoms with van der Waals surface area (Å²) in [4.78, 5) is 1.93. The third-order valence-corrected chi connectivity index (χ3v) is 3.00. The van der Waals surface area contributed by atoms with E-state index in [4.69, 9.17) is 4.74 Å². The Bertz CT molecular complexity index is 384. The molecule has 2 radical (unpaired) electrons. The molecule has 0 saturated heterocycles. The van der Waals surface area contributed by atoms with Crippen molar-refractivity contribution in [2.24, 2.45) is 0 Å². The largest absolute Gasteiger partial charge is 0.490 e. The second-order valence-electron chi connectivity index (χ2n) is 3.52. The molecule has 0 N–H and O–H groups in total. The van der Waals surface area contributed by atoms with Crippen LogP contribution in [-0.2, 0) is 0 Å². The molecular formula is C10H10AlF2NO. The smallest absolute Gasteiger partial charge is 0.262 e. The highest BCUT2D eigenvalue weighted by atomic mass is 27.0. The van der Waals surface area contributed by atoms with E-state index in [2.05, 4.69) is 16.3 Å². The first-order chi connectivity index (χ1) is 7.09. The molecule has 1 heterocycles. The zero-order chi connectivity index (χ0) is 11.0. The van der Waals surface area contributed by atoms with E-state index in [0.717, 1.165) is 12.2 Å². The Hall–Kier alpha value is -0.788. The van der Waals surface area contributed by atoms with Crippen LogP contribution in [0.3, 0.4) is 0 Å². The molecule has 0 saturated carbocycles. The number of ether oxygens (including phenoxy) is 1. The molecule has 5 heteroatoms. The highest BCUT2D eigenvalue weighted by Crippen LogP contribution is 2.32. The summed E-state index contributed by atoms with van der Waals surface area (Å²) in [6.45, 7) is 1.33. The number of rotatable bonds is 1. The van der Waals surface area contributed by atoms with Gasteiger partial charge in [-0.15, -0.1) is 4.43 Å². The van der Waals surface area contributed by atoms with E-state index in [1.54, 1.807) is 6.07 Å². The molecule has 1 aliphatic rings. The van der Waals surface area contributed by atoms with Gasteiger partial charge in [-0.05, 0) is 12.1 Å². The second kappa shape index (κ2) is 3.99. The minimum Gasteiger partial charge on any atom is -0.490 e. The maximum Gasteiger partial charge on any atom is 0.262 e. The van der Waals surface area contributed by atoms with Crippen LogP contribution in [0.4, 0.5) is 14.5 Å². The first-order valence-corrected chi connectivity index (χ1v) is 5.23. The normalized spacial score (nSPS) is 15.1. The van der Waals surface area contributed by atoms with E-state index >= 15 is 0 Å². The van der Waals surface area contributed by atoms with Crippen LogP contribution in [0.25, 0.3) is 0 Å². The summed E-state index contributed by atoms with van der Waals surface area (Å²) in [7, 11) is 1.87. The minimum absolute atomic E-state index is 0.0519. The molecule has 0 spiro atoms. The number of hydrogen-bond donors (Lipinski definition) is 0. The molecule has 78 valence electrons. The van der Waals surface area contributed by atoms with E-state index < -0.39 is 6.43 Å². The molecule has 0 amide bonds. The first kappa shape index (κ1) is 10.7. The van der Waals surface area contributed by atoms with Crippen LogP contribution in [0.5, 0.6) is 5.75 Å². The third-order valence-electron chi connectivity index (χ3n) is 2.50. The molecule has 15 heavy (non-hydrogen) atoms. The molecule has 1 aromatic carbocycles. The van der Waals surface area contributed by atoms with Crippen molar-refractivity contribution < 1.29 is 13.5 Å². The molecule has 1 aromatic rings. The standard InChI is InChI=1S/C10H10F2NO.Al/c1-13-4-5-14-9-3-2-7(10(11)12)6-8(9)13;/h3,6,10H,4-5H2,1H3;. The summed E-state index contributed by atoms with van der Waals surface area (Å²) in [5, 5.41) is 0.